The number of carbonyl (C=O) groups is 1. The number of anilines is 1. The van der Waals surface area contributed by atoms with Gasteiger partial charge in [-0.2, -0.15) is 0 Å². The number of hydrogen-bond donors (Lipinski definition) is 2. The number of nitrogens with zero attached hydrogens (tertiary/aromatic N) is 1. The number of benzene rings is 2. The average Bonchev–Trinajstić information content (AvgIpc) is 3.40. The molecule has 3 aromatic rings. The summed E-state index contributed by atoms with van der Waals surface area (Å²) in [5.74, 6) is -0.329. The lowest BCUT2D eigenvalue weighted by molar-refractivity contribution is -0.119. The Morgan fingerprint density at radius 1 is 1.03 bits per heavy atom. The molecule has 7 nitrogen and oxygen atoms in total. The molecule has 7 heteroatoms. The van der Waals surface area contributed by atoms with E-state index in [1.54, 1.807) is 29.0 Å². The molecule has 5 rings (SSSR count). The van der Waals surface area contributed by atoms with Gasteiger partial charge in [-0.15, -0.1) is 0 Å². The Labute approximate surface area is 204 Å². The van der Waals surface area contributed by atoms with E-state index >= 15 is 0 Å². The minimum Gasteiger partial charge on any atom is -0.462 e. The Balaban J connectivity index is 1.41. The van der Waals surface area contributed by atoms with Crippen LogP contribution >= 0.6 is 0 Å². The van der Waals surface area contributed by atoms with Crippen molar-refractivity contribution in [3.05, 3.63) is 88.7 Å². The second-order valence-electron chi connectivity index (χ2n) is 9.48. The molecule has 2 N–H and O–H groups in total. The van der Waals surface area contributed by atoms with Crippen molar-refractivity contribution in [2.75, 3.05) is 12.1 Å². The van der Waals surface area contributed by atoms with Gasteiger partial charge in [-0.3, -0.25) is 9.59 Å². The second kappa shape index (κ2) is 9.96. The Morgan fingerprint density at radius 3 is 2.57 bits per heavy atom. The molecular formula is C28H30N2O5. The molecule has 0 spiro atoms. The van der Waals surface area contributed by atoms with Gasteiger partial charge in [0.25, 0.3) is 5.56 Å². The number of fused-ring (bicyclic) bond motifs is 1. The molecule has 1 aromatic heterocycles. The summed E-state index contributed by atoms with van der Waals surface area (Å²) in [5.41, 5.74) is 0.549. The van der Waals surface area contributed by atoms with Gasteiger partial charge in [-0.25, -0.2) is 0 Å². The zero-order chi connectivity index (χ0) is 24.3. The van der Waals surface area contributed by atoms with Gasteiger partial charge in [-0.1, -0.05) is 55.7 Å². The zero-order valence-corrected chi connectivity index (χ0v) is 19.6. The van der Waals surface area contributed by atoms with Crippen LogP contribution in [0.4, 0.5) is 5.69 Å². The lowest BCUT2D eigenvalue weighted by atomic mass is 9.85. The topological polar surface area (TPSA) is 89.8 Å². The minimum atomic E-state index is -0.844. The molecule has 0 bridgehead atoms. The quantitative estimate of drug-likeness (QED) is 0.532. The number of carbonyl (C=O) groups excluding carboxylic acids is 1. The van der Waals surface area contributed by atoms with Crippen LogP contribution in [0, 0.1) is 5.92 Å². The van der Waals surface area contributed by atoms with Crippen LogP contribution in [0.15, 0.2) is 77.6 Å². The number of hydrogen-bond acceptors (Lipinski definition) is 5. The molecule has 1 amide bonds. The fraction of sp³-hybridized carbons (Fsp3) is 0.357. The third-order valence-corrected chi connectivity index (χ3v) is 6.96. The molecule has 1 aliphatic carbocycles. The third-order valence-electron chi connectivity index (χ3n) is 6.96. The zero-order valence-electron chi connectivity index (χ0n) is 19.6. The van der Waals surface area contributed by atoms with E-state index in [0.717, 1.165) is 24.8 Å². The first-order chi connectivity index (χ1) is 17.0. The standard InChI is InChI=1S/C28H30N2O5/c31-26(23(25-17-34-19-35-25)16-20-8-3-1-4-9-20)29-24-11-7-10-22-21(24)12-15-30(27(22)32)18-28(33)13-5-2-6-14-28/h1,3-4,7-12,15,17,23,33H,2,5-6,13-14,16,18-19H2,(H,29,31). The fourth-order valence-corrected chi connectivity index (χ4v) is 5.06. The Hall–Kier alpha value is -3.58. The van der Waals surface area contributed by atoms with E-state index in [0.29, 0.717) is 41.5 Å². The highest BCUT2D eigenvalue weighted by Gasteiger charge is 2.31. The van der Waals surface area contributed by atoms with E-state index in [1.165, 1.54) is 6.26 Å². The number of amides is 1. The van der Waals surface area contributed by atoms with Crippen molar-refractivity contribution < 1.29 is 19.4 Å². The first kappa shape index (κ1) is 23.2. The van der Waals surface area contributed by atoms with Gasteiger partial charge in [0.1, 0.15) is 17.9 Å². The van der Waals surface area contributed by atoms with E-state index in [1.807, 2.05) is 36.4 Å². The maximum absolute atomic E-state index is 13.4. The molecule has 1 saturated carbocycles. The number of rotatable bonds is 7. The van der Waals surface area contributed by atoms with Crippen LogP contribution in [-0.2, 0) is 27.2 Å². The summed E-state index contributed by atoms with van der Waals surface area (Å²) in [6, 6.07) is 16.9. The maximum atomic E-state index is 13.4. The predicted octanol–water partition coefficient (Wildman–Crippen LogP) is 4.34. The van der Waals surface area contributed by atoms with Crippen molar-refractivity contribution in [2.45, 2.75) is 50.7 Å². The number of nitrogens with one attached hydrogen (secondary N) is 1. The van der Waals surface area contributed by atoms with Crippen LogP contribution in [0.3, 0.4) is 0 Å². The van der Waals surface area contributed by atoms with Crippen LogP contribution in [0.25, 0.3) is 10.8 Å². The summed E-state index contributed by atoms with van der Waals surface area (Å²) in [7, 11) is 0. The van der Waals surface area contributed by atoms with E-state index in [-0.39, 0.29) is 24.8 Å². The molecular weight excluding hydrogens is 444 g/mol. The van der Waals surface area contributed by atoms with Crippen molar-refractivity contribution in [1.82, 2.24) is 4.57 Å². The predicted molar refractivity (Wildman–Crippen MR) is 134 cm³/mol. The highest BCUT2D eigenvalue weighted by Crippen LogP contribution is 2.30. The Morgan fingerprint density at radius 2 is 1.83 bits per heavy atom. The number of aromatic nitrogens is 1. The fourth-order valence-electron chi connectivity index (χ4n) is 5.06. The van der Waals surface area contributed by atoms with Gasteiger partial charge >= 0.3 is 0 Å². The largest absolute Gasteiger partial charge is 0.462 e. The molecule has 182 valence electrons. The molecule has 1 unspecified atom stereocenters. The summed E-state index contributed by atoms with van der Waals surface area (Å²) in [6.07, 6.45) is 8.15. The van der Waals surface area contributed by atoms with Gasteiger partial charge in [-0.05, 0) is 43.0 Å². The maximum Gasteiger partial charge on any atom is 0.258 e. The van der Waals surface area contributed by atoms with Crippen molar-refractivity contribution in [3.63, 3.8) is 0 Å². The molecule has 1 atom stereocenters. The monoisotopic (exact) mass is 474 g/mol. The number of ether oxygens (including phenoxy) is 2. The second-order valence-corrected chi connectivity index (χ2v) is 9.48. The van der Waals surface area contributed by atoms with Gasteiger partial charge < -0.3 is 24.5 Å². The van der Waals surface area contributed by atoms with Crippen molar-refractivity contribution in [1.29, 1.82) is 0 Å². The lowest BCUT2D eigenvalue weighted by Gasteiger charge is -2.32. The van der Waals surface area contributed by atoms with E-state index < -0.39 is 11.5 Å². The molecule has 2 aromatic carbocycles. The average molecular weight is 475 g/mol. The summed E-state index contributed by atoms with van der Waals surface area (Å²) < 4.78 is 12.4. The molecule has 0 radical (unpaired) electrons. The molecule has 1 aliphatic heterocycles. The first-order valence-corrected chi connectivity index (χ1v) is 12.2. The van der Waals surface area contributed by atoms with Crippen LogP contribution < -0.4 is 10.9 Å². The van der Waals surface area contributed by atoms with E-state index in [9.17, 15) is 14.7 Å². The van der Waals surface area contributed by atoms with Crippen LogP contribution in [0.5, 0.6) is 0 Å². The minimum absolute atomic E-state index is 0.0913. The normalized spacial score (nSPS) is 17.8. The molecule has 35 heavy (non-hydrogen) atoms. The van der Waals surface area contributed by atoms with E-state index in [2.05, 4.69) is 5.32 Å². The number of aliphatic hydroxyl groups is 1. The summed E-state index contributed by atoms with van der Waals surface area (Å²) >= 11 is 0. The molecule has 2 aliphatic rings. The lowest BCUT2D eigenvalue weighted by Crippen LogP contribution is -2.39. The number of pyridine rings is 1. The smallest absolute Gasteiger partial charge is 0.258 e. The SMILES string of the molecule is O=C(Nc1cccc2c(=O)n(CC3(O)CCCCC3)ccc12)C(Cc1ccccc1)C1=COCO1. The molecule has 2 heterocycles. The molecule has 0 saturated heterocycles. The Kier molecular flexibility index (Phi) is 6.59. The summed E-state index contributed by atoms with van der Waals surface area (Å²) in [6.45, 7) is 0.372. The van der Waals surface area contributed by atoms with Crippen molar-refractivity contribution in [2.24, 2.45) is 5.92 Å². The van der Waals surface area contributed by atoms with Gasteiger partial charge in [0.2, 0.25) is 12.7 Å². The van der Waals surface area contributed by atoms with Crippen LogP contribution in [0.1, 0.15) is 37.7 Å². The third kappa shape index (κ3) is 5.10. The van der Waals surface area contributed by atoms with Gasteiger partial charge in [0.05, 0.1) is 12.1 Å². The highest BCUT2D eigenvalue weighted by molar-refractivity contribution is 6.03. The van der Waals surface area contributed by atoms with Gasteiger partial charge in [0, 0.05) is 22.7 Å². The Bertz CT molecular complexity index is 1290. The van der Waals surface area contributed by atoms with Crippen molar-refractivity contribution in [3.8, 4) is 0 Å². The molecule has 1 fully saturated rings. The van der Waals surface area contributed by atoms with Crippen LogP contribution in [0.2, 0.25) is 0 Å². The van der Waals surface area contributed by atoms with Crippen LogP contribution in [-0.4, -0.2) is 28.0 Å². The van der Waals surface area contributed by atoms with Crippen molar-refractivity contribution >= 4 is 22.4 Å². The van der Waals surface area contributed by atoms with E-state index in [4.69, 9.17) is 9.47 Å². The summed E-state index contributed by atoms with van der Waals surface area (Å²) in [4.78, 5) is 26.7. The highest BCUT2D eigenvalue weighted by atomic mass is 16.7. The first-order valence-electron chi connectivity index (χ1n) is 12.2. The summed E-state index contributed by atoms with van der Waals surface area (Å²) in [5, 5.41) is 15.1. The van der Waals surface area contributed by atoms with Gasteiger partial charge in [0.15, 0.2) is 0 Å².